The van der Waals surface area contributed by atoms with Crippen molar-refractivity contribution >= 4 is 19.4 Å². The van der Waals surface area contributed by atoms with Gasteiger partial charge in [0, 0.05) is 23.5 Å². The van der Waals surface area contributed by atoms with E-state index in [0.717, 1.165) is 36.7 Å². The first-order valence-corrected chi connectivity index (χ1v) is 13.6. The van der Waals surface area contributed by atoms with Crippen LogP contribution in [0.4, 0.5) is 0 Å². The molecule has 8 heteroatoms. The molecule has 0 saturated heterocycles. The Morgan fingerprint density at radius 3 is 1.81 bits per heavy atom. The van der Waals surface area contributed by atoms with Crippen LogP contribution >= 0.6 is 8.58 Å². The summed E-state index contributed by atoms with van der Waals surface area (Å²) in [5, 5.41) is 0.837. The third kappa shape index (κ3) is 10.2. The van der Waals surface area contributed by atoms with Crippen molar-refractivity contribution in [2.75, 3.05) is 34.5 Å². The molecule has 0 bridgehead atoms. The van der Waals surface area contributed by atoms with E-state index in [1.54, 1.807) is 19.2 Å². The molecule has 2 rings (SSSR count). The van der Waals surface area contributed by atoms with Crippen LogP contribution in [0.5, 0.6) is 28.7 Å². The van der Waals surface area contributed by atoms with Crippen molar-refractivity contribution < 1.29 is 48.8 Å². The van der Waals surface area contributed by atoms with E-state index in [0.29, 0.717) is 41.8 Å². The second-order valence-corrected chi connectivity index (χ2v) is 9.58. The van der Waals surface area contributed by atoms with Gasteiger partial charge in [-0.2, -0.15) is 0 Å². The number of ether oxygens (including phenoxy) is 5. The van der Waals surface area contributed by atoms with E-state index < -0.39 is 0 Å². The van der Waals surface area contributed by atoms with Crippen molar-refractivity contribution in [3.63, 3.8) is 0 Å². The van der Waals surface area contributed by atoms with Crippen molar-refractivity contribution in [2.24, 2.45) is 0 Å². The Morgan fingerprint density at radius 2 is 1.28 bits per heavy atom. The zero-order chi connectivity index (χ0) is 25.5. The number of carbonyl (C=O) groups is 1. The van der Waals surface area contributed by atoms with E-state index in [4.69, 9.17) is 23.7 Å². The van der Waals surface area contributed by atoms with Crippen LogP contribution in [0.3, 0.4) is 0 Å². The molecule has 0 heterocycles. The zero-order valence-electron chi connectivity index (χ0n) is 23.9. The number of carbonyl (C=O) groups excluding carboxylic acids is 1. The summed E-state index contributed by atoms with van der Waals surface area (Å²) >= 11 is 0. The summed E-state index contributed by atoms with van der Waals surface area (Å²) in [6, 6.07) is 9.16. The van der Waals surface area contributed by atoms with Gasteiger partial charge >= 0.3 is 18.9 Å². The molecule has 1 unspecified atom stereocenters. The summed E-state index contributed by atoms with van der Waals surface area (Å²) in [6.45, 7) is 5.68. The summed E-state index contributed by atoms with van der Waals surface area (Å²) in [5.74, 6) is 2.88. The SMILES string of the molecule is CCCCCCOc1ccc(PC(=O)c2c(OC)cc(OC)cc2OC)c(OCCCCCC)c1.[H-].[Li+]. The third-order valence-electron chi connectivity index (χ3n) is 5.67. The largest absolute Gasteiger partial charge is 1.00 e. The molecule has 0 spiro atoms. The number of hydrogen-bond acceptors (Lipinski definition) is 6. The minimum absolute atomic E-state index is 0. The standard InChI is InChI=1S/C28H41O6P.Li.H/c1-6-8-10-12-16-33-21-14-15-26(23(18-21)34-17-13-11-9-7-2)35-28(29)27-24(31-4)19-22(30-3)20-25(27)32-5;;/h14-15,18-20,35H,6-13,16-17H2,1-5H3;;/q;+1;-1. The summed E-state index contributed by atoms with van der Waals surface area (Å²) in [6.07, 6.45) is 9.08. The van der Waals surface area contributed by atoms with Crippen LogP contribution in [0.1, 0.15) is 77.0 Å². The quantitative estimate of drug-likeness (QED) is 0.172. The number of hydrogen-bond donors (Lipinski definition) is 0. The van der Waals surface area contributed by atoms with Gasteiger partial charge in [-0.3, -0.25) is 4.79 Å². The van der Waals surface area contributed by atoms with Gasteiger partial charge in [0.05, 0.1) is 34.5 Å². The molecule has 0 aliphatic heterocycles. The van der Waals surface area contributed by atoms with Crippen LogP contribution in [-0.2, 0) is 0 Å². The Labute approximate surface area is 232 Å². The Hall–Kier alpha value is -1.86. The van der Waals surface area contributed by atoms with Crippen LogP contribution in [0, 0.1) is 0 Å². The molecule has 0 saturated carbocycles. The Morgan fingerprint density at radius 1 is 0.722 bits per heavy atom. The van der Waals surface area contributed by atoms with Crippen molar-refractivity contribution in [1.29, 1.82) is 0 Å². The fourth-order valence-corrected chi connectivity index (χ4v) is 4.71. The average Bonchev–Trinajstić information content (AvgIpc) is 2.88. The fourth-order valence-electron chi connectivity index (χ4n) is 3.66. The Balaban J connectivity index is 0.00000648. The Bertz CT molecular complexity index is 903. The molecule has 2 aromatic carbocycles. The number of unbranched alkanes of at least 4 members (excludes halogenated alkanes) is 6. The molecule has 0 radical (unpaired) electrons. The minimum atomic E-state index is -0.159. The maximum atomic E-state index is 13.4. The monoisotopic (exact) mass is 512 g/mol. The second kappa shape index (κ2) is 18.4. The second-order valence-electron chi connectivity index (χ2n) is 8.34. The third-order valence-corrected chi connectivity index (χ3v) is 6.82. The first-order chi connectivity index (χ1) is 17.1. The molecule has 0 amide bonds. The van der Waals surface area contributed by atoms with Crippen molar-refractivity contribution in [2.45, 2.75) is 65.2 Å². The van der Waals surface area contributed by atoms with Crippen molar-refractivity contribution in [3.05, 3.63) is 35.9 Å². The number of methoxy groups -OCH3 is 3. The minimum Gasteiger partial charge on any atom is -1.00 e. The summed E-state index contributed by atoms with van der Waals surface area (Å²) in [4.78, 5) is 13.4. The normalized spacial score (nSPS) is 10.7. The molecule has 0 aromatic heterocycles. The molecule has 36 heavy (non-hydrogen) atoms. The van der Waals surface area contributed by atoms with E-state index in [1.807, 2.05) is 18.2 Å². The van der Waals surface area contributed by atoms with Crippen LogP contribution in [0.2, 0.25) is 0 Å². The van der Waals surface area contributed by atoms with Crippen molar-refractivity contribution in [1.82, 2.24) is 0 Å². The van der Waals surface area contributed by atoms with Gasteiger partial charge in [0.2, 0.25) is 0 Å². The summed E-state index contributed by atoms with van der Waals surface area (Å²) in [7, 11) is 4.47. The van der Waals surface area contributed by atoms with Crippen molar-refractivity contribution in [3.8, 4) is 28.7 Å². The number of benzene rings is 2. The topological polar surface area (TPSA) is 63.2 Å². The fraction of sp³-hybridized carbons (Fsp3) is 0.536. The van der Waals surface area contributed by atoms with Gasteiger partial charge in [0.25, 0.3) is 0 Å². The van der Waals surface area contributed by atoms with Gasteiger partial charge in [-0.25, -0.2) is 0 Å². The van der Waals surface area contributed by atoms with Gasteiger partial charge in [-0.1, -0.05) is 52.4 Å². The molecule has 0 fully saturated rings. The van der Waals surface area contributed by atoms with Gasteiger partial charge in [-0.05, 0) is 33.6 Å². The van der Waals surface area contributed by atoms with E-state index in [1.165, 1.54) is 39.9 Å². The maximum Gasteiger partial charge on any atom is 1.00 e. The molecule has 196 valence electrons. The predicted octanol–water partition coefficient (Wildman–Crippen LogP) is 3.89. The van der Waals surface area contributed by atoms with E-state index in [-0.39, 0.29) is 34.4 Å². The first kappa shape index (κ1) is 32.2. The van der Waals surface area contributed by atoms with Gasteiger partial charge in [-0.15, -0.1) is 0 Å². The van der Waals surface area contributed by atoms with Crippen LogP contribution in [0.15, 0.2) is 30.3 Å². The maximum absolute atomic E-state index is 13.4. The average molecular weight is 513 g/mol. The molecule has 0 aliphatic rings. The summed E-state index contributed by atoms with van der Waals surface area (Å²) < 4.78 is 28.4. The zero-order valence-corrected chi connectivity index (χ0v) is 23.9. The molecule has 6 nitrogen and oxygen atoms in total. The first-order valence-electron chi connectivity index (χ1n) is 12.6. The summed E-state index contributed by atoms with van der Waals surface area (Å²) in [5.41, 5.74) is 0.310. The molecular weight excluding hydrogens is 470 g/mol. The Kier molecular flexibility index (Phi) is 16.4. The van der Waals surface area contributed by atoms with E-state index in [2.05, 4.69) is 13.8 Å². The molecule has 0 N–H and O–H groups in total. The molecule has 2 aromatic rings. The molecule has 1 atom stereocenters. The van der Waals surface area contributed by atoms with Gasteiger partial charge < -0.3 is 25.1 Å². The number of rotatable bonds is 18. The molecule has 0 aliphatic carbocycles. The smallest absolute Gasteiger partial charge is 1.00 e. The van der Waals surface area contributed by atoms with Gasteiger partial charge in [0.1, 0.15) is 34.3 Å². The van der Waals surface area contributed by atoms with Crippen LogP contribution < -0.4 is 47.8 Å². The predicted molar refractivity (Wildman–Crippen MR) is 145 cm³/mol. The van der Waals surface area contributed by atoms with Crippen LogP contribution in [-0.4, -0.2) is 40.1 Å². The van der Waals surface area contributed by atoms with E-state index >= 15 is 0 Å². The van der Waals surface area contributed by atoms with Gasteiger partial charge in [0.15, 0.2) is 5.52 Å². The molecular formula is C28H42LiO6P. The van der Waals surface area contributed by atoms with Crippen LogP contribution in [0.25, 0.3) is 0 Å². The van der Waals surface area contributed by atoms with E-state index in [9.17, 15) is 4.79 Å².